The molecule has 1 aromatic heterocycles. The molecule has 2 aromatic rings. The first-order chi connectivity index (χ1) is 13.6. The standard InChI is InChI=1S/C21H29N5O2/c1-3-13-26(14-4-2)19(28)12-11-18(27)22-17-9-7-16(8-10-17)21-23-20(24-25-21)15-5-6-15/h7-10,15H,3-6,11-14H2,1-2H3,(H,22,27)(H,23,24,25). The Bertz CT molecular complexity index is 789. The van der Waals surface area contributed by atoms with Crippen molar-refractivity contribution < 1.29 is 9.59 Å². The summed E-state index contributed by atoms with van der Waals surface area (Å²) in [6.07, 6.45) is 4.64. The van der Waals surface area contributed by atoms with Gasteiger partial charge in [0, 0.05) is 43.1 Å². The highest BCUT2D eigenvalue weighted by molar-refractivity contribution is 5.93. The van der Waals surface area contributed by atoms with Crippen LogP contribution >= 0.6 is 0 Å². The van der Waals surface area contributed by atoms with Gasteiger partial charge in [-0.2, -0.15) is 5.10 Å². The number of carbonyl (C=O) groups is 2. The zero-order valence-corrected chi connectivity index (χ0v) is 16.7. The molecule has 1 aliphatic carbocycles. The molecule has 0 bridgehead atoms. The summed E-state index contributed by atoms with van der Waals surface area (Å²) in [7, 11) is 0. The number of carbonyl (C=O) groups excluding carboxylic acids is 2. The number of amides is 2. The lowest BCUT2D eigenvalue weighted by Crippen LogP contribution is -2.33. The van der Waals surface area contributed by atoms with Gasteiger partial charge in [0.15, 0.2) is 5.82 Å². The van der Waals surface area contributed by atoms with Gasteiger partial charge in [-0.25, -0.2) is 4.98 Å². The molecule has 1 saturated carbocycles. The van der Waals surface area contributed by atoms with Crippen LogP contribution in [0.15, 0.2) is 24.3 Å². The van der Waals surface area contributed by atoms with Crippen molar-refractivity contribution >= 4 is 17.5 Å². The van der Waals surface area contributed by atoms with Crippen LogP contribution in [0.3, 0.4) is 0 Å². The summed E-state index contributed by atoms with van der Waals surface area (Å²) in [4.78, 5) is 30.8. The van der Waals surface area contributed by atoms with Gasteiger partial charge in [0.2, 0.25) is 11.8 Å². The molecule has 0 saturated heterocycles. The quantitative estimate of drug-likeness (QED) is 0.654. The van der Waals surface area contributed by atoms with Crippen LogP contribution in [-0.2, 0) is 9.59 Å². The summed E-state index contributed by atoms with van der Waals surface area (Å²) >= 11 is 0. The molecule has 0 unspecified atom stereocenters. The fourth-order valence-electron chi connectivity index (χ4n) is 3.15. The third-order valence-electron chi connectivity index (χ3n) is 4.80. The van der Waals surface area contributed by atoms with E-state index < -0.39 is 0 Å². The van der Waals surface area contributed by atoms with Crippen LogP contribution in [0.2, 0.25) is 0 Å². The third kappa shape index (κ3) is 5.41. The molecule has 7 heteroatoms. The first-order valence-corrected chi connectivity index (χ1v) is 10.2. The van der Waals surface area contributed by atoms with Crippen molar-refractivity contribution in [2.24, 2.45) is 0 Å². The van der Waals surface area contributed by atoms with Crippen molar-refractivity contribution in [1.29, 1.82) is 0 Å². The lowest BCUT2D eigenvalue weighted by Gasteiger charge is -2.21. The van der Waals surface area contributed by atoms with Gasteiger partial charge in [0.1, 0.15) is 5.82 Å². The van der Waals surface area contributed by atoms with E-state index in [0.717, 1.165) is 37.3 Å². The number of benzene rings is 1. The van der Waals surface area contributed by atoms with E-state index >= 15 is 0 Å². The molecule has 7 nitrogen and oxygen atoms in total. The predicted molar refractivity (Wildman–Crippen MR) is 109 cm³/mol. The fourth-order valence-corrected chi connectivity index (χ4v) is 3.15. The molecular weight excluding hydrogens is 354 g/mol. The summed E-state index contributed by atoms with van der Waals surface area (Å²) < 4.78 is 0. The molecule has 2 amide bonds. The predicted octanol–water partition coefficient (Wildman–Crippen LogP) is 3.72. The molecule has 150 valence electrons. The molecule has 0 aliphatic heterocycles. The zero-order valence-electron chi connectivity index (χ0n) is 16.7. The van der Waals surface area contributed by atoms with Crippen molar-refractivity contribution in [3.8, 4) is 11.4 Å². The molecule has 0 spiro atoms. The van der Waals surface area contributed by atoms with Crippen molar-refractivity contribution in [3.63, 3.8) is 0 Å². The molecule has 1 heterocycles. The fraction of sp³-hybridized carbons (Fsp3) is 0.524. The van der Waals surface area contributed by atoms with Gasteiger partial charge in [0.25, 0.3) is 0 Å². The minimum atomic E-state index is -0.150. The first kappa shape index (κ1) is 20.0. The maximum absolute atomic E-state index is 12.3. The number of nitrogens with zero attached hydrogens (tertiary/aromatic N) is 3. The Labute approximate surface area is 165 Å². The van der Waals surface area contributed by atoms with Crippen molar-refractivity contribution in [3.05, 3.63) is 30.1 Å². The minimum Gasteiger partial charge on any atom is -0.343 e. The van der Waals surface area contributed by atoms with Crippen molar-refractivity contribution in [2.75, 3.05) is 18.4 Å². The van der Waals surface area contributed by atoms with Crippen LogP contribution in [0.4, 0.5) is 5.69 Å². The monoisotopic (exact) mass is 383 g/mol. The summed E-state index contributed by atoms with van der Waals surface area (Å²) in [5.74, 6) is 2.07. The zero-order chi connectivity index (χ0) is 19.9. The first-order valence-electron chi connectivity index (χ1n) is 10.2. The molecular formula is C21H29N5O2. The number of nitrogens with one attached hydrogen (secondary N) is 2. The summed E-state index contributed by atoms with van der Waals surface area (Å²) in [6.45, 7) is 5.61. The van der Waals surface area contributed by atoms with Gasteiger partial charge < -0.3 is 10.2 Å². The molecule has 2 N–H and O–H groups in total. The molecule has 1 aliphatic rings. The Kier molecular flexibility index (Phi) is 6.79. The second-order valence-electron chi connectivity index (χ2n) is 7.32. The van der Waals surface area contributed by atoms with Crippen LogP contribution in [0.5, 0.6) is 0 Å². The average Bonchev–Trinajstić information content (AvgIpc) is 3.43. The van der Waals surface area contributed by atoms with E-state index in [-0.39, 0.29) is 24.7 Å². The Morgan fingerprint density at radius 1 is 1.11 bits per heavy atom. The van der Waals surface area contributed by atoms with Gasteiger partial charge >= 0.3 is 0 Å². The van der Waals surface area contributed by atoms with Gasteiger partial charge in [-0.15, -0.1) is 0 Å². The van der Waals surface area contributed by atoms with Gasteiger partial charge in [-0.05, 0) is 49.9 Å². The largest absolute Gasteiger partial charge is 0.343 e. The van der Waals surface area contributed by atoms with E-state index in [4.69, 9.17) is 0 Å². The van der Waals surface area contributed by atoms with Crippen LogP contribution in [0.25, 0.3) is 11.4 Å². The van der Waals surface area contributed by atoms with Crippen LogP contribution in [0, 0.1) is 0 Å². The second kappa shape index (κ2) is 9.48. The maximum atomic E-state index is 12.3. The number of aromatic nitrogens is 3. The summed E-state index contributed by atoms with van der Waals surface area (Å²) in [5.41, 5.74) is 1.62. The molecule has 0 atom stereocenters. The Morgan fingerprint density at radius 3 is 2.39 bits per heavy atom. The van der Waals surface area contributed by atoms with E-state index in [1.165, 1.54) is 12.8 Å². The molecule has 1 aromatic carbocycles. The third-order valence-corrected chi connectivity index (χ3v) is 4.80. The van der Waals surface area contributed by atoms with E-state index in [0.29, 0.717) is 17.4 Å². The number of aromatic amines is 1. The highest BCUT2D eigenvalue weighted by Gasteiger charge is 2.27. The minimum absolute atomic E-state index is 0.0465. The van der Waals surface area contributed by atoms with Crippen molar-refractivity contribution in [1.82, 2.24) is 20.1 Å². The highest BCUT2D eigenvalue weighted by Crippen LogP contribution is 2.38. The van der Waals surface area contributed by atoms with E-state index in [1.54, 1.807) is 0 Å². The number of anilines is 1. The van der Waals surface area contributed by atoms with Gasteiger partial charge in [-0.1, -0.05) is 13.8 Å². The number of hydrogen-bond donors (Lipinski definition) is 2. The van der Waals surface area contributed by atoms with Gasteiger partial charge in [0.05, 0.1) is 0 Å². The lowest BCUT2D eigenvalue weighted by atomic mass is 10.2. The number of H-pyrrole nitrogens is 1. The second-order valence-corrected chi connectivity index (χ2v) is 7.32. The summed E-state index contributed by atoms with van der Waals surface area (Å²) in [5, 5.41) is 10.1. The van der Waals surface area contributed by atoms with Crippen LogP contribution in [-0.4, -0.2) is 45.0 Å². The Morgan fingerprint density at radius 2 is 1.79 bits per heavy atom. The van der Waals surface area contributed by atoms with E-state index in [1.807, 2.05) is 29.2 Å². The lowest BCUT2D eigenvalue weighted by molar-refractivity contribution is -0.132. The smallest absolute Gasteiger partial charge is 0.224 e. The molecule has 3 rings (SSSR count). The number of rotatable bonds is 10. The SMILES string of the molecule is CCCN(CCC)C(=O)CCC(=O)Nc1ccc(-c2n[nH]c(C3CC3)n2)cc1. The van der Waals surface area contributed by atoms with Crippen LogP contribution in [0.1, 0.15) is 64.1 Å². The molecule has 28 heavy (non-hydrogen) atoms. The summed E-state index contributed by atoms with van der Waals surface area (Å²) in [6, 6.07) is 7.46. The highest BCUT2D eigenvalue weighted by atomic mass is 16.2. The Hall–Kier alpha value is -2.70. The van der Waals surface area contributed by atoms with E-state index in [9.17, 15) is 9.59 Å². The van der Waals surface area contributed by atoms with Crippen molar-refractivity contribution in [2.45, 2.75) is 58.3 Å². The Balaban J connectivity index is 1.49. The average molecular weight is 383 g/mol. The van der Waals surface area contributed by atoms with E-state index in [2.05, 4.69) is 34.3 Å². The van der Waals surface area contributed by atoms with Gasteiger partial charge in [-0.3, -0.25) is 14.7 Å². The van der Waals surface area contributed by atoms with Crippen LogP contribution < -0.4 is 5.32 Å². The maximum Gasteiger partial charge on any atom is 0.224 e. The molecule has 1 fully saturated rings. The topological polar surface area (TPSA) is 91.0 Å². The molecule has 0 radical (unpaired) electrons. The number of hydrogen-bond acceptors (Lipinski definition) is 4. The normalized spacial score (nSPS) is 13.4.